The van der Waals surface area contributed by atoms with Crippen LogP contribution in [0, 0.1) is 5.82 Å². The second kappa shape index (κ2) is 4.83. The highest BCUT2D eigenvalue weighted by molar-refractivity contribution is 5.75. The Hall–Kier alpha value is -2.90. The van der Waals surface area contributed by atoms with Gasteiger partial charge in [0.25, 0.3) is 5.56 Å². The summed E-state index contributed by atoms with van der Waals surface area (Å²) in [6.45, 7) is 0. The van der Waals surface area contributed by atoms with Crippen molar-refractivity contribution in [3.63, 3.8) is 0 Å². The smallest absolute Gasteiger partial charge is 0.332 e. The summed E-state index contributed by atoms with van der Waals surface area (Å²) in [7, 11) is 4.33. The maximum absolute atomic E-state index is 13.6. The number of rotatable bonds is 2. The Kier molecular flexibility index (Phi) is 3.09. The maximum atomic E-state index is 13.6. The van der Waals surface area contributed by atoms with E-state index in [0.717, 1.165) is 4.57 Å². The number of halogens is 1. The summed E-state index contributed by atoms with van der Waals surface area (Å²) in [5.41, 5.74) is -0.149. The zero-order valence-electron chi connectivity index (χ0n) is 12.2. The predicted molar refractivity (Wildman–Crippen MR) is 78.5 cm³/mol. The molecule has 0 fully saturated rings. The SMILES string of the molecule is COc1cc(F)cc(-c2nc3c([nH]2)c(=O)n(C)c(=O)n3C)c1. The lowest BCUT2D eigenvalue weighted by Crippen LogP contribution is -2.36. The molecule has 7 nitrogen and oxygen atoms in total. The first-order valence-electron chi connectivity index (χ1n) is 6.43. The van der Waals surface area contributed by atoms with Crippen LogP contribution < -0.4 is 16.0 Å². The van der Waals surface area contributed by atoms with Crippen LogP contribution >= 0.6 is 0 Å². The molecule has 114 valence electrons. The van der Waals surface area contributed by atoms with Crippen molar-refractivity contribution >= 4 is 11.2 Å². The molecule has 0 aliphatic rings. The van der Waals surface area contributed by atoms with Crippen molar-refractivity contribution in [1.82, 2.24) is 19.1 Å². The first-order chi connectivity index (χ1) is 10.4. The van der Waals surface area contributed by atoms with E-state index in [0.29, 0.717) is 11.3 Å². The lowest BCUT2D eigenvalue weighted by Gasteiger charge is -2.02. The average Bonchev–Trinajstić information content (AvgIpc) is 2.95. The van der Waals surface area contributed by atoms with Crippen molar-refractivity contribution < 1.29 is 9.13 Å². The Balaban J connectivity index is 2.33. The number of nitrogens with one attached hydrogen (secondary N) is 1. The van der Waals surface area contributed by atoms with E-state index in [-0.39, 0.29) is 17.0 Å². The number of hydrogen-bond acceptors (Lipinski definition) is 4. The number of fused-ring (bicyclic) bond motifs is 1. The molecular formula is C14H13FN4O3. The van der Waals surface area contributed by atoms with Gasteiger partial charge in [0.15, 0.2) is 5.65 Å². The molecule has 0 aliphatic heterocycles. The molecule has 0 amide bonds. The molecule has 1 aromatic carbocycles. The van der Waals surface area contributed by atoms with Gasteiger partial charge in [-0.25, -0.2) is 14.2 Å². The fraction of sp³-hybridized carbons (Fsp3) is 0.214. The fourth-order valence-corrected chi connectivity index (χ4v) is 2.28. The molecule has 8 heteroatoms. The molecule has 2 aromatic heterocycles. The number of hydrogen-bond donors (Lipinski definition) is 1. The summed E-state index contributed by atoms with van der Waals surface area (Å²) in [6, 6.07) is 4.09. The van der Waals surface area contributed by atoms with E-state index in [1.165, 1.54) is 37.9 Å². The number of imidazole rings is 1. The second-order valence-corrected chi connectivity index (χ2v) is 4.87. The number of benzene rings is 1. The van der Waals surface area contributed by atoms with Crippen LogP contribution in [0.1, 0.15) is 0 Å². The van der Waals surface area contributed by atoms with Crippen molar-refractivity contribution in [3.05, 3.63) is 44.9 Å². The standard InChI is InChI=1S/C14H13FN4O3/c1-18-12-10(13(20)19(2)14(18)21)16-11(17-12)7-4-8(15)6-9(5-7)22-3/h4-6H,1-3H3,(H,16,17). The summed E-state index contributed by atoms with van der Waals surface area (Å²) >= 11 is 0. The number of aromatic amines is 1. The second-order valence-electron chi connectivity index (χ2n) is 4.87. The van der Waals surface area contributed by atoms with E-state index >= 15 is 0 Å². The first-order valence-corrected chi connectivity index (χ1v) is 6.43. The lowest BCUT2D eigenvalue weighted by atomic mass is 10.2. The number of ether oxygens (including phenoxy) is 1. The van der Waals surface area contributed by atoms with E-state index in [1.807, 2.05) is 0 Å². The third kappa shape index (κ3) is 2.00. The number of nitrogens with zero attached hydrogens (tertiary/aromatic N) is 3. The molecule has 0 radical (unpaired) electrons. The van der Waals surface area contributed by atoms with E-state index in [4.69, 9.17) is 4.74 Å². The molecule has 0 saturated heterocycles. The lowest BCUT2D eigenvalue weighted by molar-refractivity contribution is 0.411. The molecule has 3 rings (SSSR count). The Bertz CT molecular complexity index is 1000. The molecule has 22 heavy (non-hydrogen) atoms. The van der Waals surface area contributed by atoms with Crippen LogP contribution in [0.4, 0.5) is 4.39 Å². The largest absolute Gasteiger partial charge is 0.497 e. The molecule has 0 saturated carbocycles. The van der Waals surface area contributed by atoms with Crippen LogP contribution in [0.5, 0.6) is 5.75 Å². The predicted octanol–water partition coefficient (Wildman–Crippen LogP) is 0.775. The van der Waals surface area contributed by atoms with Crippen LogP contribution in [0.15, 0.2) is 27.8 Å². The van der Waals surface area contributed by atoms with E-state index in [2.05, 4.69) is 9.97 Å². The molecule has 0 aliphatic carbocycles. The van der Waals surface area contributed by atoms with E-state index in [1.54, 1.807) is 6.07 Å². The molecular weight excluding hydrogens is 291 g/mol. The summed E-state index contributed by atoms with van der Waals surface area (Å²) in [5, 5.41) is 0. The third-order valence-corrected chi connectivity index (χ3v) is 3.48. The molecule has 0 atom stereocenters. The molecule has 0 bridgehead atoms. The highest BCUT2D eigenvalue weighted by Crippen LogP contribution is 2.24. The summed E-state index contributed by atoms with van der Waals surface area (Å²) in [6.07, 6.45) is 0. The van der Waals surface area contributed by atoms with Crippen LogP contribution in [-0.4, -0.2) is 26.2 Å². The fourth-order valence-electron chi connectivity index (χ4n) is 2.28. The normalized spacial score (nSPS) is 11.1. The quantitative estimate of drug-likeness (QED) is 0.758. The van der Waals surface area contributed by atoms with Crippen LogP contribution in [0.2, 0.25) is 0 Å². The van der Waals surface area contributed by atoms with Gasteiger partial charge < -0.3 is 9.72 Å². The van der Waals surface area contributed by atoms with Crippen molar-refractivity contribution in [1.29, 1.82) is 0 Å². The third-order valence-electron chi connectivity index (χ3n) is 3.48. The zero-order chi connectivity index (χ0) is 16.0. The summed E-state index contributed by atoms with van der Waals surface area (Å²) < 4.78 is 20.9. The Morgan fingerprint density at radius 2 is 1.91 bits per heavy atom. The molecule has 3 aromatic rings. The molecule has 0 unspecified atom stereocenters. The van der Waals surface area contributed by atoms with Crippen LogP contribution in [-0.2, 0) is 14.1 Å². The van der Waals surface area contributed by atoms with Gasteiger partial charge in [-0.2, -0.15) is 0 Å². The van der Waals surface area contributed by atoms with E-state index < -0.39 is 17.1 Å². The molecule has 1 N–H and O–H groups in total. The summed E-state index contributed by atoms with van der Waals surface area (Å²) in [5.74, 6) is 0.125. The average molecular weight is 304 g/mol. The summed E-state index contributed by atoms with van der Waals surface area (Å²) in [4.78, 5) is 31.1. The minimum Gasteiger partial charge on any atom is -0.497 e. The van der Waals surface area contributed by atoms with Gasteiger partial charge in [-0.15, -0.1) is 0 Å². The van der Waals surface area contributed by atoms with Gasteiger partial charge in [-0.3, -0.25) is 13.9 Å². The monoisotopic (exact) mass is 304 g/mol. The van der Waals surface area contributed by atoms with E-state index in [9.17, 15) is 14.0 Å². The number of methoxy groups -OCH3 is 1. The Morgan fingerprint density at radius 3 is 2.59 bits per heavy atom. The van der Waals surface area contributed by atoms with Crippen molar-refractivity contribution in [3.8, 4) is 17.1 Å². The highest BCUT2D eigenvalue weighted by atomic mass is 19.1. The van der Waals surface area contributed by atoms with Crippen molar-refractivity contribution in [2.45, 2.75) is 0 Å². The van der Waals surface area contributed by atoms with Gasteiger partial charge in [0.05, 0.1) is 7.11 Å². The zero-order valence-corrected chi connectivity index (χ0v) is 12.2. The van der Waals surface area contributed by atoms with Gasteiger partial charge in [0.1, 0.15) is 22.9 Å². The minimum absolute atomic E-state index is 0.183. The molecule has 0 spiro atoms. The first kappa shape index (κ1) is 14.1. The number of aromatic nitrogens is 4. The Morgan fingerprint density at radius 1 is 1.18 bits per heavy atom. The minimum atomic E-state index is -0.489. The highest BCUT2D eigenvalue weighted by Gasteiger charge is 2.15. The van der Waals surface area contributed by atoms with Crippen molar-refractivity contribution in [2.24, 2.45) is 14.1 Å². The Labute approximate surface area is 123 Å². The van der Waals surface area contributed by atoms with Crippen LogP contribution in [0.25, 0.3) is 22.6 Å². The van der Waals surface area contributed by atoms with Gasteiger partial charge in [0, 0.05) is 25.7 Å². The number of aryl methyl sites for hydroxylation is 1. The van der Waals surface area contributed by atoms with Gasteiger partial charge in [-0.05, 0) is 12.1 Å². The number of H-pyrrole nitrogens is 1. The maximum Gasteiger partial charge on any atom is 0.332 e. The van der Waals surface area contributed by atoms with Crippen molar-refractivity contribution in [2.75, 3.05) is 7.11 Å². The van der Waals surface area contributed by atoms with Gasteiger partial charge >= 0.3 is 5.69 Å². The topological polar surface area (TPSA) is 81.9 Å². The van der Waals surface area contributed by atoms with Gasteiger partial charge in [0.2, 0.25) is 0 Å². The van der Waals surface area contributed by atoms with Gasteiger partial charge in [-0.1, -0.05) is 0 Å². The van der Waals surface area contributed by atoms with Crippen LogP contribution in [0.3, 0.4) is 0 Å². The molecule has 2 heterocycles.